The van der Waals surface area contributed by atoms with Crippen LogP contribution in [0, 0.1) is 0 Å². The minimum absolute atomic E-state index is 0.659. The SMILES string of the molecule is CCCC[P+](CCCC)(CCCC)CCCOc1ccccc1C=O. The third kappa shape index (κ3) is 8.36. The Bertz CT molecular complexity index is 451. The summed E-state index contributed by atoms with van der Waals surface area (Å²) in [5.74, 6) is 0.733. The highest BCUT2D eigenvalue weighted by molar-refractivity contribution is 7.75. The third-order valence-corrected chi connectivity index (χ3v) is 10.1. The number of hydrogen-bond donors (Lipinski definition) is 0. The Labute approximate surface area is 156 Å². The fourth-order valence-electron chi connectivity index (χ4n) is 3.44. The molecule has 0 aliphatic carbocycles. The molecular formula is C22H38O2P+. The topological polar surface area (TPSA) is 26.3 Å². The van der Waals surface area contributed by atoms with E-state index in [1.165, 1.54) is 63.2 Å². The van der Waals surface area contributed by atoms with Crippen LogP contribution in [0.1, 0.15) is 76.1 Å². The lowest BCUT2D eigenvalue weighted by Crippen LogP contribution is -2.15. The highest BCUT2D eigenvalue weighted by Gasteiger charge is 2.34. The second-order valence-corrected chi connectivity index (χ2v) is 11.6. The zero-order valence-corrected chi connectivity index (χ0v) is 17.5. The van der Waals surface area contributed by atoms with Crippen molar-refractivity contribution >= 4 is 13.5 Å². The Morgan fingerprint density at radius 2 is 1.36 bits per heavy atom. The number of ether oxygens (including phenoxy) is 1. The number of benzene rings is 1. The molecule has 0 atom stereocenters. The molecule has 0 aromatic heterocycles. The number of aldehydes is 1. The average Bonchev–Trinajstić information content (AvgIpc) is 2.66. The van der Waals surface area contributed by atoms with Gasteiger partial charge in [-0.25, -0.2) is 0 Å². The normalized spacial score (nSPS) is 11.5. The minimum Gasteiger partial charge on any atom is -0.493 e. The summed E-state index contributed by atoms with van der Waals surface area (Å²) in [6.45, 7) is 7.67. The van der Waals surface area contributed by atoms with Crippen molar-refractivity contribution < 1.29 is 9.53 Å². The van der Waals surface area contributed by atoms with Gasteiger partial charge in [-0.2, -0.15) is 0 Å². The zero-order chi connectivity index (χ0) is 18.4. The van der Waals surface area contributed by atoms with Crippen LogP contribution in [0.5, 0.6) is 5.75 Å². The van der Waals surface area contributed by atoms with Crippen LogP contribution in [0.4, 0.5) is 0 Å². The van der Waals surface area contributed by atoms with Gasteiger partial charge in [0.25, 0.3) is 0 Å². The standard InChI is InChI=1S/C22H38O2P/c1-4-7-16-25(17-8-5-2,18-9-6-3)19-12-15-24-22-14-11-10-13-21(22)20-23/h10-11,13-14,20H,4-9,12,15-19H2,1-3H3/q+1. The van der Waals surface area contributed by atoms with Crippen LogP contribution in [0.2, 0.25) is 0 Å². The predicted octanol–water partition coefficient (Wildman–Crippen LogP) is 6.69. The largest absolute Gasteiger partial charge is 0.493 e. The quantitative estimate of drug-likeness (QED) is 0.197. The van der Waals surface area contributed by atoms with Crippen LogP contribution in [-0.2, 0) is 0 Å². The van der Waals surface area contributed by atoms with E-state index in [1.807, 2.05) is 24.3 Å². The Morgan fingerprint density at radius 3 is 1.88 bits per heavy atom. The van der Waals surface area contributed by atoms with Crippen molar-refractivity contribution in [3.63, 3.8) is 0 Å². The lowest BCUT2D eigenvalue weighted by atomic mass is 10.2. The molecule has 0 aliphatic heterocycles. The molecule has 2 nitrogen and oxygen atoms in total. The first-order valence-electron chi connectivity index (χ1n) is 10.2. The van der Waals surface area contributed by atoms with Crippen molar-refractivity contribution in [1.29, 1.82) is 0 Å². The number of carbonyl (C=O) groups is 1. The summed E-state index contributed by atoms with van der Waals surface area (Å²) >= 11 is 0. The van der Waals surface area contributed by atoms with E-state index in [1.54, 1.807) is 0 Å². The van der Waals surface area contributed by atoms with E-state index in [4.69, 9.17) is 4.74 Å². The summed E-state index contributed by atoms with van der Waals surface area (Å²) in [6, 6.07) is 7.54. The molecule has 1 rings (SSSR count). The van der Waals surface area contributed by atoms with Gasteiger partial charge in [-0.1, -0.05) is 52.2 Å². The number of rotatable bonds is 15. The molecule has 0 spiro atoms. The lowest BCUT2D eigenvalue weighted by molar-refractivity contribution is 0.111. The van der Waals surface area contributed by atoms with Crippen molar-refractivity contribution in [1.82, 2.24) is 0 Å². The number of unbranched alkanes of at least 4 members (excludes halogenated alkanes) is 3. The first-order chi connectivity index (χ1) is 12.2. The van der Waals surface area contributed by atoms with E-state index in [0.717, 1.165) is 25.1 Å². The third-order valence-electron chi connectivity index (χ3n) is 5.04. The lowest BCUT2D eigenvalue weighted by Gasteiger charge is -2.28. The summed E-state index contributed by atoms with van der Waals surface area (Å²) in [4.78, 5) is 11.1. The fraction of sp³-hybridized carbons (Fsp3) is 0.682. The average molecular weight is 366 g/mol. The monoisotopic (exact) mass is 365 g/mol. The molecule has 0 saturated heterocycles. The molecule has 0 amide bonds. The number of carbonyl (C=O) groups excluding carboxylic acids is 1. The molecule has 0 unspecified atom stereocenters. The Kier molecular flexibility index (Phi) is 11.8. The number of para-hydroxylation sites is 1. The van der Waals surface area contributed by atoms with Crippen molar-refractivity contribution in [2.24, 2.45) is 0 Å². The second kappa shape index (κ2) is 13.3. The van der Waals surface area contributed by atoms with Gasteiger partial charge in [-0.15, -0.1) is 0 Å². The molecule has 0 saturated carbocycles. The summed E-state index contributed by atoms with van der Waals surface area (Å²) < 4.78 is 5.92. The summed E-state index contributed by atoms with van der Waals surface area (Å²) in [5, 5.41) is 0. The maximum Gasteiger partial charge on any atom is 0.153 e. The molecule has 142 valence electrons. The first kappa shape index (κ1) is 22.2. The van der Waals surface area contributed by atoms with E-state index in [-0.39, 0.29) is 0 Å². The van der Waals surface area contributed by atoms with Gasteiger partial charge in [0.05, 0.1) is 36.8 Å². The Hall–Kier alpha value is -0.880. The molecule has 1 aromatic carbocycles. The van der Waals surface area contributed by atoms with Crippen LogP contribution < -0.4 is 4.74 Å². The molecule has 0 heterocycles. The van der Waals surface area contributed by atoms with Crippen molar-refractivity contribution in [2.45, 2.75) is 65.7 Å². The molecule has 25 heavy (non-hydrogen) atoms. The number of hydrogen-bond acceptors (Lipinski definition) is 2. The van der Waals surface area contributed by atoms with E-state index in [2.05, 4.69) is 20.8 Å². The zero-order valence-electron chi connectivity index (χ0n) is 16.6. The van der Waals surface area contributed by atoms with Crippen molar-refractivity contribution in [3.05, 3.63) is 29.8 Å². The van der Waals surface area contributed by atoms with E-state index < -0.39 is 7.26 Å². The van der Waals surface area contributed by atoms with Gasteiger partial charge in [-0.05, 0) is 31.4 Å². The molecule has 0 aliphatic rings. The molecule has 0 fully saturated rings. The summed E-state index contributed by atoms with van der Waals surface area (Å²) in [5.41, 5.74) is 0.659. The van der Waals surface area contributed by atoms with Crippen LogP contribution in [0.3, 0.4) is 0 Å². The maximum atomic E-state index is 11.1. The van der Waals surface area contributed by atoms with E-state index in [9.17, 15) is 4.79 Å². The van der Waals surface area contributed by atoms with Crippen molar-refractivity contribution in [2.75, 3.05) is 31.3 Å². The van der Waals surface area contributed by atoms with Crippen LogP contribution >= 0.6 is 7.26 Å². The molecule has 1 aromatic rings. The maximum absolute atomic E-state index is 11.1. The highest BCUT2D eigenvalue weighted by atomic mass is 31.2. The van der Waals surface area contributed by atoms with Crippen LogP contribution in [0.25, 0.3) is 0 Å². The molecule has 0 radical (unpaired) electrons. The van der Waals surface area contributed by atoms with E-state index >= 15 is 0 Å². The molecule has 0 N–H and O–H groups in total. The Balaban J connectivity index is 2.60. The van der Waals surface area contributed by atoms with Gasteiger partial charge < -0.3 is 4.74 Å². The van der Waals surface area contributed by atoms with Gasteiger partial charge in [0.1, 0.15) is 5.75 Å². The minimum atomic E-state index is -0.835. The smallest absolute Gasteiger partial charge is 0.153 e. The predicted molar refractivity (Wildman–Crippen MR) is 113 cm³/mol. The highest BCUT2D eigenvalue weighted by Crippen LogP contribution is 2.61. The van der Waals surface area contributed by atoms with Gasteiger partial charge in [0.2, 0.25) is 0 Å². The van der Waals surface area contributed by atoms with Crippen LogP contribution in [-0.4, -0.2) is 37.5 Å². The van der Waals surface area contributed by atoms with Gasteiger partial charge in [0.15, 0.2) is 6.29 Å². The van der Waals surface area contributed by atoms with Crippen LogP contribution in [0.15, 0.2) is 24.3 Å². The second-order valence-electron chi connectivity index (χ2n) is 7.15. The summed E-state index contributed by atoms with van der Waals surface area (Å²) in [7, 11) is -0.835. The fourth-order valence-corrected chi connectivity index (χ4v) is 8.55. The first-order valence-corrected chi connectivity index (χ1v) is 12.8. The summed E-state index contributed by atoms with van der Waals surface area (Å²) in [6.07, 6.45) is 15.8. The van der Waals surface area contributed by atoms with Gasteiger partial charge in [-0.3, -0.25) is 4.79 Å². The molecule has 3 heteroatoms. The van der Waals surface area contributed by atoms with Crippen molar-refractivity contribution in [3.8, 4) is 5.75 Å². The molecular weight excluding hydrogens is 327 g/mol. The Morgan fingerprint density at radius 1 is 0.840 bits per heavy atom. The van der Waals surface area contributed by atoms with Gasteiger partial charge in [0, 0.05) is 13.7 Å². The van der Waals surface area contributed by atoms with Gasteiger partial charge >= 0.3 is 0 Å². The molecule has 0 bridgehead atoms. The van der Waals surface area contributed by atoms with E-state index in [0.29, 0.717) is 5.56 Å².